The van der Waals surface area contributed by atoms with Crippen molar-refractivity contribution in [3.8, 4) is 0 Å². The third-order valence-electron chi connectivity index (χ3n) is 3.20. The second-order valence-corrected chi connectivity index (χ2v) is 4.42. The number of morpholine rings is 1. The summed E-state index contributed by atoms with van der Waals surface area (Å²) in [5.41, 5.74) is 2.42. The standard InChI is InChI=1S/C14H16N2O/c1-2-4-14-13(3-1)11(5-6-16-14)9-12-10-17-8-7-15-12/h1-6,12,15H,7-10H2. The van der Waals surface area contributed by atoms with Crippen LogP contribution < -0.4 is 5.32 Å². The van der Waals surface area contributed by atoms with Crippen molar-refractivity contribution in [3.63, 3.8) is 0 Å². The summed E-state index contributed by atoms with van der Waals surface area (Å²) in [7, 11) is 0. The number of hydrogen-bond donors (Lipinski definition) is 1. The lowest BCUT2D eigenvalue weighted by Gasteiger charge is -2.24. The third-order valence-corrected chi connectivity index (χ3v) is 3.20. The van der Waals surface area contributed by atoms with E-state index in [0.29, 0.717) is 6.04 Å². The predicted molar refractivity (Wildman–Crippen MR) is 68.1 cm³/mol. The Balaban J connectivity index is 1.89. The Bertz CT molecular complexity index is 501. The van der Waals surface area contributed by atoms with Gasteiger partial charge in [-0.05, 0) is 24.1 Å². The lowest BCUT2D eigenvalue weighted by Crippen LogP contribution is -2.42. The number of benzene rings is 1. The quantitative estimate of drug-likeness (QED) is 0.850. The molecule has 1 aromatic heterocycles. The molecule has 0 radical (unpaired) electrons. The summed E-state index contributed by atoms with van der Waals surface area (Å²) in [6, 6.07) is 10.8. The summed E-state index contributed by atoms with van der Waals surface area (Å²) in [5.74, 6) is 0. The van der Waals surface area contributed by atoms with Gasteiger partial charge in [-0.1, -0.05) is 18.2 Å². The van der Waals surface area contributed by atoms with Crippen LogP contribution in [0.15, 0.2) is 36.5 Å². The molecule has 88 valence electrons. The van der Waals surface area contributed by atoms with Crippen molar-refractivity contribution in [2.24, 2.45) is 0 Å². The van der Waals surface area contributed by atoms with E-state index in [-0.39, 0.29) is 0 Å². The zero-order valence-electron chi connectivity index (χ0n) is 9.73. The van der Waals surface area contributed by atoms with Crippen molar-refractivity contribution < 1.29 is 4.74 Å². The number of hydrogen-bond acceptors (Lipinski definition) is 3. The summed E-state index contributed by atoms with van der Waals surface area (Å²) < 4.78 is 5.49. The molecule has 1 atom stereocenters. The number of ether oxygens (including phenoxy) is 1. The molecule has 0 bridgehead atoms. The second kappa shape index (κ2) is 4.82. The zero-order valence-corrected chi connectivity index (χ0v) is 9.73. The molecule has 1 aliphatic heterocycles. The van der Waals surface area contributed by atoms with Crippen molar-refractivity contribution >= 4 is 10.9 Å². The van der Waals surface area contributed by atoms with Crippen LogP contribution in [0.25, 0.3) is 10.9 Å². The maximum Gasteiger partial charge on any atom is 0.0704 e. The normalized spacial score (nSPS) is 20.6. The summed E-state index contributed by atoms with van der Waals surface area (Å²) >= 11 is 0. The summed E-state index contributed by atoms with van der Waals surface area (Å²) in [6.07, 6.45) is 2.89. The van der Waals surface area contributed by atoms with Crippen molar-refractivity contribution in [2.75, 3.05) is 19.8 Å². The molecule has 3 rings (SSSR count). The van der Waals surface area contributed by atoms with Crippen LogP contribution in [0.4, 0.5) is 0 Å². The molecule has 0 saturated carbocycles. The largest absolute Gasteiger partial charge is 0.379 e. The fourth-order valence-electron chi connectivity index (χ4n) is 2.35. The van der Waals surface area contributed by atoms with Crippen molar-refractivity contribution in [1.82, 2.24) is 10.3 Å². The first-order chi connectivity index (χ1) is 8.43. The number of pyridine rings is 1. The van der Waals surface area contributed by atoms with Gasteiger partial charge in [-0.25, -0.2) is 0 Å². The third kappa shape index (κ3) is 2.30. The Labute approximate surface area is 101 Å². The van der Waals surface area contributed by atoms with Gasteiger partial charge in [-0.2, -0.15) is 0 Å². The SMILES string of the molecule is c1ccc2c(CC3COCCN3)ccnc2c1. The van der Waals surface area contributed by atoms with Crippen LogP contribution in [0.3, 0.4) is 0 Å². The average Bonchev–Trinajstić information content (AvgIpc) is 2.40. The van der Waals surface area contributed by atoms with Gasteiger partial charge < -0.3 is 10.1 Å². The summed E-state index contributed by atoms with van der Waals surface area (Å²) in [4.78, 5) is 4.38. The number of aromatic nitrogens is 1. The minimum Gasteiger partial charge on any atom is -0.379 e. The predicted octanol–water partition coefficient (Wildman–Crippen LogP) is 1.77. The van der Waals surface area contributed by atoms with Crippen LogP contribution in [0, 0.1) is 0 Å². The Morgan fingerprint density at radius 1 is 1.29 bits per heavy atom. The van der Waals surface area contributed by atoms with Crippen molar-refractivity contribution in [2.45, 2.75) is 12.5 Å². The minimum absolute atomic E-state index is 0.426. The van der Waals surface area contributed by atoms with E-state index in [1.54, 1.807) is 0 Å². The highest BCUT2D eigenvalue weighted by Gasteiger charge is 2.14. The molecule has 2 aromatic rings. The zero-order chi connectivity index (χ0) is 11.5. The van der Waals surface area contributed by atoms with E-state index in [0.717, 1.165) is 31.7 Å². The molecule has 0 spiro atoms. The van der Waals surface area contributed by atoms with Gasteiger partial charge in [-0.15, -0.1) is 0 Å². The molecule has 1 saturated heterocycles. The van der Waals surface area contributed by atoms with Crippen LogP contribution in [0.2, 0.25) is 0 Å². The molecule has 1 N–H and O–H groups in total. The smallest absolute Gasteiger partial charge is 0.0704 e. The van der Waals surface area contributed by atoms with Gasteiger partial charge in [-0.3, -0.25) is 4.98 Å². The topological polar surface area (TPSA) is 34.1 Å². The van der Waals surface area contributed by atoms with Gasteiger partial charge in [0, 0.05) is 24.2 Å². The lowest BCUT2D eigenvalue weighted by atomic mass is 10.0. The molecule has 0 aliphatic carbocycles. The van der Waals surface area contributed by atoms with Crippen LogP contribution in [0.1, 0.15) is 5.56 Å². The maximum atomic E-state index is 5.49. The average molecular weight is 228 g/mol. The van der Waals surface area contributed by atoms with Crippen molar-refractivity contribution in [3.05, 3.63) is 42.1 Å². The molecule has 2 heterocycles. The number of nitrogens with zero attached hydrogens (tertiary/aromatic N) is 1. The Kier molecular flexibility index (Phi) is 3.03. The van der Waals surface area contributed by atoms with Crippen LogP contribution in [-0.4, -0.2) is 30.8 Å². The fraction of sp³-hybridized carbons (Fsp3) is 0.357. The highest BCUT2D eigenvalue weighted by Crippen LogP contribution is 2.18. The van der Waals surface area contributed by atoms with E-state index in [2.05, 4.69) is 34.6 Å². The van der Waals surface area contributed by atoms with Crippen LogP contribution >= 0.6 is 0 Å². The number of rotatable bonds is 2. The monoisotopic (exact) mass is 228 g/mol. The first kappa shape index (κ1) is 10.7. The lowest BCUT2D eigenvalue weighted by molar-refractivity contribution is 0.0771. The molecule has 1 aromatic carbocycles. The van der Waals surface area contributed by atoms with E-state index in [9.17, 15) is 0 Å². The van der Waals surface area contributed by atoms with E-state index in [1.807, 2.05) is 12.3 Å². The maximum absolute atomic E-state index is 5.49. The molecular weight excluding hydrogens is 212 g/mol. The first-order valence-electron chi connectivity index (χ1n) is 6.07. The van der Waals surface area contributed by atoms with Gasteiger partial charge in [0.25, 0.3) is 0 Å². The van der Waals surface area contributed by atoms with Gasteiger partial charge in [0.05, 0.1) is 18.7 Å². The molecule has 1 unspecified atom stereocenters. The molecule has 3 heteroatoms. The number of para-hydroxylation sites is 1. The molecule has 3 nitrogen and oxygen atoms in total. The van der Waals surface area contributed by atoms with E-state index in [4.69, 9.17) is 4.74 Å². The molecular formula is C14H16N2O. The molecule has 17 heavy (non-hydrogen) atoms. The Morgan fingerprint density at radius 2 is 2.24 bits per heavy atom. The highest BCUT2D eigenvalue weighted by atomic mass is 16.5. The highest BCUT2D eigenvalue weighted by molar-refractivity contribution is 5.81. The molecule has 1 aliphatic rings. The Morgan fingerprint density at radius 3 is 3.12 bits per heavy atom. The van der Waals surface area contributed by atoms with Crippen molar-refractivity contribution in [1.29, 1.82) is 0 Å². The second-order valence-electron chi connectivity index (χ2n) is 4.42. The van der Waals surface area contributed by atoms with Gasteiger partial charge >= 0.3 is 0 Å². The van der Waals surface area contributed by atoms with Gasteiger partial charge in [0.15, 0.2) is 0 Å². The van der Waals surface area contributed by atoms with E-state index in [1.165, 1.54) is 10.9 Å². The van der Waals surface area contributed by atoms with E-state index < -0.39 is 0 Å². The molecule has 0 amide bonds. The molecule has 1 fully saturated rings. The first-order valence-corrected chi connectivity index (χ1v) is 6.07. The minimum atomic E-state index is 0.426. The van der Waals surface area contributed by atoms with E-state index >= 15 is 0 Å². The van der Waals surface area contributed by atoms with Gasteiger partial charge in [0.1, 0.15) is 0 Å². The fourth-order valence-corrected chi connectivity index (χ4v) is 2.35. The number of fused-ring (bicyclic) bond motifs is 1. The van der Waals surface area contributed by atoms with Crippen LogP contribution in [-0.2, 0) is 11.2 Å². The number of nitrogens with one attached hydrogen (secondary N) is 1. The Hall–Kier alpha value is -1.45. The summed E-state index contributed by atoms with van der Waals surface area (Å²) in [5, 5.41) is 4.74. The van der Waals surface area contributed by atoms with Gasteiger partial charge in [0.2, 0.25) is 0 Å². The van der Waals surface area contributed by atoms with Crippen LogP contribution in [0.5, 0.6) is 0 Å². The summed E-state index contributed by atoms with van der Waals surface area (Å²) in [6.45, 7) is 2.58.